The number of carbonyl (C=O) groups is 1. The summed E-state index contributed by atoms with van der Waals surface area (Å²) in [6.45, 7) is 4.93. The Kier molecular flexibility index (Phi) is 3.28. The molecule has 1 aromatic rings. The summed E-state index contributed by atoms with van der Waals surface area (Å²) in [7, 11) is 0. The number of nitrogens with one attached hydrogen (secondary N) is 1. The Labute approximate surface area is 119 Å². The zero-order valence-corrected chi connectivity index (χ0v) is 12.0. The Morgan fingerprint density at radius 2 is 2.15 bits per heavy atom. The minimum absolute atomic E-state index is 0.144. The fourth-order valence-corrected chi connectivity index (χ4v) is 2.87. The summed E-state index contributed by atoms with van der Waals surface area (Å²) in [6, 6.07) is 6.73. The van der Waals surface area contributed by atoms with Crippen molar-refractivity contribution < 1.29 is 9.18 Å². The molecule has 1 aromatic carbocycles. The first kappa shape index (κ1) is 13.6. The molecule has 108 valence electrons. The number of hydrogen-bond donors (Lipinski definition) is 1. The van der Waals surface area contributed by atoms with Gasteiger partial charge in [0.25, 0.3) is 0 Å². The predicted molar refractivity (Wildman–Crippen MR) is 75.4 cm³/mol. The van der Waals surface area contributed by atoms with Gasteiger partial charge in [0.2, 0.25) is 5.91 Å². The molecule has 1 amide bonds. The topological polar surface area (TPSA) is 32.3 Å². The van der Waals surface area contributed by atoms with Gasteiger partial charge in [-0.2, -0.15) is 0 Å². The summed E-state index contributed by atoms with van der Waals surface area (Å²) in [4.78, 5) is 14.4. The summed E-state index contributed by atoms with van der Waals surface area (Å²) in [5.41, 5.74) is 0.174. The molecule has 20 heavy (non-hydrogen) atoms. The number of carbonyl (C=O) groups excluding carboxylic acids is 1. The molecule has 4 heteroatoms. The molecule has 2 unspecified atom stereocenters. The first-order valence-corrected chi connectivity index (χ1v) is 7.40. The van der Waals surface area contributed by atoms with Crippen molar-refractivity contribution in [3.05, 3.63) is 35.6 Å². The van der Waals surface area contributed by atoms with E-state index in [1.165, 1.54) is 6.07 Å². The Morgan fingerprint density at radius 1 is 1.45 bits per heavy atom. The van der Waals surface area contributed by atoms with Crippen molar-refractivity contribution in [1.29, 1.82) is 0 Å². The monoisotopic (exact) mass is 276 g/mol. The number of hydrogen-bond acceptors (Lipinski definition) is 2. The third kappa shape index (κ3) is 2.12. The third-order valence-electron chi connectivity index (χ3n) is 4.55. The number of halogens is 1. The lowest BCUT2D eigenvalue weighted by Gasteiger charge is -2.27. The van der Waals surface area contributed by atoms with E-state index in [0.29, 0.717) is 18.0 Å². The minimum Gasteiger partial charge on any atom is -0.321 e. The van der Waals surface area contributed by atoms with Gasteiger partial charge in [-0.25, -0.2) is 4.39 Å². The second-order valence-corrected chi connectivity index (χ2v) is 6.12. The van der Waals surface area contributed by atoms with Crippen LogP contribution in [0.2, 0.25) is 0 Å². The van der Waals surface area contributed by atoms with Gasteiger partial charge in [-0.3, -0.25) is 10.1 Å². The maximum atomic E-state index is 14.1. The van der Waals surface area contributed by atoms with Crippen molar-refractivity contribution in [2.24, 2.45) is 5.92 Å². The Hall–Kier alpha value is -1.42. The quantitative estimate of drug-likeness (QED) is 0.917. The minimum atomic E-state index is -0.402. The number of benzene rings is 1. The van der Waals surface area contributed by atoms with Crippen molar-refractivity contribution in [2.75, 3.05) is 6.54 Å². The van der Waals surface area contributed by atoms with E-state index in [1.807, 2.05) is 11.0 Å². The van der Waals surface area contributed by atoms with Crippen LogP contribution < -0.4 is 5.32 Å². The van der Waals surface area contributed by atoms with Crippen LogP contribution in [0.15, 0.2) is 24.3 Å². The van der Waals surface area contributed by atoms with Crippen molar-refractivity contribution in [3.8, 4) is 0 Å². The molecule has 0 radical (unpaired) electrons. The molecule has 2 fully saturated rings. The molecule has 0 aromatic heterocycles. The highest BCUT2D eigenvalue weighted by Gasteiger charge is 2.59. The molecule has 1 heterocycles. The maximum absolute atomic E-state index is 14.1. The van der Waals surface area contributed by atoms with Crippen LogP contribution >= 0.6 is 0 Å². The first-order valence-electron chi connectivity index (χ1n) is 7.40. The molecule has 3 nitrogen and oxygen atoms in total. The Balaban J connectivity index is 1.91. The van der Waals surface area contributed by atoms with Crippen LogP contribution in [0.5, 0.6) is 0 Å². The second-order valence-electron chi connectivity index (χ2n) is 6.12. The smallest absolute Gasteiger partial charge is 0.244 e. The normalized spacial score (nSPS) is 25.2. The van der Waals surface area contributed by atoms with Gasteiger partial charge in [0.15, 0.2) is 0 Å². The molecular formula is C16H21FN2O. The van der Waals surface area contributed by atoms with Crippen molar-refractivity contribution >= 4 is 5.91 Å². The van der Waals surface area contributed by atoms with Gasteiger partial charge < -0.3 is 4.90 Å². The van der Waals surface area contributed by atoms with Crippen LogP contribution in [0, 0.1) is 11.7 Å². The Bertz CT molecular complexity index is 527. The fourth-order valence-electron chi connectivity index (χ4n) is 2.87. The summed E-state index contributed by atoms with van der Waals surface area (Å²) in [6.07, 6.45) is 2.43. The lowest BCUT2D eigenvalue weighted by molar-refractivity contribution is -0.131. The molecular weight excluding hydrogens is 255 g/mol. The number of amides is 1. The van der Waals surface area contributed by atoms with Crippen LogP contribution in [0.3, 0.4) is 0 Å². The lowest BCUT2D eigenvalue weighted by atomic mass is 10.1. The SMILES string of the molecule is CCC(C)CN1C(=O)C2(CC2)NC1c1ccccc1F. The maximum Gasteiger partial charge on any atom is 0.244 e. The van der Waals surface area contributed by atoms with Gasteiger partial charge in [-0.05, 0) is 24.8 Å². The van der Waals surface area contributed by atoms with Crippen LogP contribution in [0.4, 0.5) is 4.39 Å². The van der Waals surface area contributed by atoms with E-state index >= 15 is 0 Å². The van der Waals surface area contributed by atoms with E-state index in [9.17, 15) is 9.18 Å². The Morgan fingerprint density at radius 3 is 2.75 bits per heavy atom. The van der Waals surface area contributed by atoms with E-state index in [2.05, 4.69) is 19.2 Å². The van der Waals surface area contributed by atoms with Crippen LogP contribution in [0.1, 0.15) is 44.8 Å². The van der Waals surface area contributed by atoms with Gasteiger partial charge >= 0.3 is 0 Å². The third-order valence-corrected chi connectivity index (χ3v) is 4.55. The van der Waals surface area contributed by atoms with Gasteiger partial charge in [0.1, 0.15) is 17.5 Å². The standard InChI is InChI=1S/C16H21FN2O/c1-3-11(2)10-19-14(12-6-4-5-7-13(12)17)18-16(8-9-16)15(19)20/h4-7,11,14,18H,3,8-10H2,1-2H3. The van der Waals surface area contributed by atoms with Crippen molar-refractivity contribution in [3.63, 3.8) is 0 Å². The summed E-state index contributed by atoms with van der Waals surface area (Å²) < 4.78 is 14.1. The van der Waals surface area contributed by atoms with Gasteiger partial charge in [-0.1, -0.05) is 38.5 Å². The molecule has 1 saturated heterocycles. The van der Waals surface area contributed by atoms with Crippen LogP contribution in [-0.2, 0) is 4.79 Å². The predicted octanol–water partition coefficient (Wildman–Crippen LogP) is 2.83. The molecule has 0 bridgehead atoms. The van der Waals surface area contributed by atoms with Gasteiger partial charge in [0.05, 0.1) is 0 Å². The van der Waals surface area contributed by atoms with Crippen LogP contribution in [0.25, 0.3) is 0 Å². The summed E-state index contributed by atoms with van der Waals surface area (Å²) in [5.74, 6) is 0.319. The zero-order chi connectivity index (χ0) is 14.3. The van der Waals surface area contributed by atoms with Crippen molar-refractivity contribution in [1.82, 2.24) is 10.2 Å². The molecule has 1 aliphatic carbocycles. The summed E-state index contributed by atoms with van der Waals surface area (Å²) >= 11 is 0. The van der Waals surface area contributed by atoms with E-state index in [4.69, 9.17) is 0 Å². The fraction of sp³-hybridized carbons (Fsp3) is 0.562. The molecule has 1 N–H and O–H groups in total. The molecule has 1 saturated carbocycles. The van der Waals surface area contributed by atoms with E-state index in [1.54, 1.807) is 12.1 Å². The lowest BCUT2D eigenvalue weighted by Crippen LogP contribution is -2.35. The summed E-state index contributed by atoms with van der Waals surface area (Å²) in [5, 5.41) is 3.36. The van der Waals surface area contributed by atoms with E-state index in [0.717, 1.165) is 19.3 Å². The largest absolute Gasteiger partial charge is 0.321 e. The molecule has 1 spiro atoms. The van der Waals surface area contributed by atoms with Crippen molar-refractivity contribution in [2.45, 2.75) is 44.8 Å². The molecule has 1 aliphatic heterocycles. The number of nitrogens with zero attached hydrogens (tertiary/aromatic N) is 1. The highest BCUT2D eigenvalue weighted by Crippen LogP contribution is 2.46. The van der Waals surface area contributed by atoms with E-state index in [-0.39, 0.29) is 17.9 Å². The van der Waals surface area contributed by atoms with Gasteiger partial charge in [-0.15, -0.1) is 0 Å². The van der Waals surface area contributed by atoms with Gasteiger partial charge in [0, 0.05) is 12.1 Å². The average Bonchev–Trinajstić information content (AvgIpc) is 3.18. The second kappa shape index (κ2) is 4.85. The van der Waals surface area contributed by atoms with Crippen LogP contribution in [-0.4, -0.2) is 22.9 Å². The highest BCUT2D eigenvalue weighted by molar-refractivity contribution is 5.92. The first-order chi connectivity index (χ1) is 9.57. The molecule has 2 atom stereocenters. The molecule has 2 aliphatic rings. The molecule has 3 rings (SSSR count). The average molecular weight is 276 g/mol. The number of rotatable bonds is 4. The van der Waals surface area contributed by atoms with E-state index < -0.39 is 5.54 Å². The highest BCUT2D eigenvalue weighted by atomic mass is 19.1. The zero-order valence-electron chi connectivity index (χ0n) is 12.0.